The van der Waals surface area contributed by atoms with Gasteiger partial charge in [0.25, 0.3) is 0 Å². The number of likely N-dealkylation sites (N-methyl/N-ethyl adjacent to an activating group) is 1. The third-order valence-electron chi connectivity index (χ3n) is 3.32. The summed E-state index contributed by atoms with van der Waals surface area (Å²) < 4.78 is 13.4. The molecule has 1 heterocycles. The number of hydrogen-bond donors (Lipinski definition) is 1. The lowest BCUT2D eigenvalue weighted by Crippen LogP contribution is -2.29. The Morgan fingerprint density at radius 2 is 2.31 bits per heavy atom. The minimum atomic E-state index is -0.0955. The molecule has 16 heavy (non-hydrogen) atoms. The lowest BCUT2D eigenvalue weighted by molar-refractivity contribution is 0.322. The second kappa shape index (κ2) is 4.93. The summed E-state index contributed by atoms with van der Waals surface area (Å²) in [7, 11) is 2.00. The van der Waals surface area contributed by atoms with Crippen molar-refractivity contribution in [3.8, 4) is 0 Å². The van der Waals surface area contributed by atoms with Crippen LogP contribution in [0.5, 0.6) is 0 Å². The quantitative estimate of drug-likeness (QED) is 0.840. The van der Waals surface area contributed by atoms with Crippen LogP contribution in [0.25, 0.3) is 0 Å². The normalized spacial score (nSPS) is 21.6. The third-order valence-corrected chi connectivity index (χ3v) is 3.32. The molecule has 0 aromatic heterocycles. The Hall–Kier alpha value is -0.930. The Labute approximate surface area is 96.5 Å². The van der Waals surface area contributed by atoms with Crippen molar-refractivity contribution in [3.63, 3.8) is 0 Å². The number of nitrogens with zero attached hydrogens (tertiary/aromatic N) is 1. The smallest absolute Gasteiger partial charge is 0.126 e. The average molecular weight is 222 g/mol. The Balaban J connectivity index is 1.97. The maximum absolute atomic E-state index is 13.4. The summed E-state index contributed by atoms with van der Waals surface area (Å²) in [4.78, 5) is 2.37. The van der Waals surface area contributed by atoms with Crippen molar-refractivity contribution in [2.24, 2.45) is 0 Å². The molecular formula is C13H19FN2. The van der Waals surface area contributed by atoms with Gasteiger partial charge in [-0.1, -0.05) is 12.1 Å². The highest BCUT2D eigenvalue weighted by Gasteiger charge is 2.20. The molecule has 0 amide bonds. The van der Waals surface area contributed by atoms with Crippen LogP contribution in [-0.2, 0) is 6.54 Å². The van der Waals surface area contributed by atoms with E-state index in [0.717, 1.165) is 30.8 Å². The van der Waals surface area contributed by atoms with Gasteiger partial charge < -0.3 is 5.32 Å². The lowest BCUT2D eigenvalue weighted by Gasteiger charge is -2.16. The zero-order valence-electron chi connectivity index (χ0n) is 9.96. The first-order chi connectivity index (χ1) is 7.69. The maximum Gasteiger partial charge on any atom is 0.126 e. The van der Waals surface area contributed by atoms with Crippen LogP contribution >= 0.6 is 0 Å². The number of nitrogens with one attached hydrogen (secondary N) is 1. The van der Waals surface area contributed by atoms with Gasteiger partial charge in [0, 0.05) is 25.7 Å². The molecule has 1 fully saturated rings. The van der Waals surface area contributed by atoms with Crippen LogP contribution in [0.4, 0.5) is 4.39 Å². The number of aryl methyl sites for hydroxylation is 1. The first-order valence-electron chi connectivity index (χ1n) is 5.83. The molecule has 0 aliphatic carbocycles. The minimum Gasteiger partial charge on any atom is -0.316 e. The zero-order valence-corrected chi connectivity index (χ0v) is 9.96. The van der Waals surface area contributed by atoms with Gasteiger partial charge in [-0.25, -0.2) is 4.39 Å². The Morgan fingerprint density at radius 1 is 1.50 bits per heavy atom. The van der Waals surface area contributed by atoms with E-state index in [1.165, 1.54) is 6.42 Å². The molecule has 0 saturated carbocycles. The molecule has 1 atom stereocenters. The van der Waals surface area contributed by atoms with Gasteiger partial charge in [0.15, 0.2) is 0 Å². The second-order valence-corrected chi connectivity index (χ2v) is 4.59. The predicted molar refractivity (Wildman–Crippen MR) is 63.9 cm³/mol. The van der Waals surface area contributed by atoms with Crippen LogP contribution in [0, 0.1) is 12.7 Å². The molecule has 0 spiro atoms. The summed E-state index contributed by atoms with van der Waals surface area (Å²) >= 11 is 0. The van der Waals surface area contributed by atoms with E-state index in [1.807, 2.05) is 19.2 Å². The van der Waals surface area contributed by atoms with Crippen molar-refractivity contribution < 1.29 is 4.39 Å². The lowest BCUT2D eigenvalue weighted by atomic mass is 10.1. The monoisotopic (exact) mass is 222 g/mol. The molecule has 1 aromatic rings. The Kier molecular flexibility index (Phi) is 3.56. The van der Waals surface area contributed by atoms with E-state index in [-0.39, 0.29) is 5.82 Å². The minimum absolute atomic E-state index is 0.0955. The molecule has 88 valence electrons. The number of likely N-dealkylation sites (tertiary alicyclic amines) is 1. The van der Waals surface area contributed by atoms with Gasteiger partial charge in [-0.15, -0.1) is 0 Å². The van der Waals surface area contributed by atoms with Crippen LogP contribution < -0.4 is 5.32 Å². The van der Waals surface area contributed by atoms with Crippen LogP contribution in [0.15, 0.2) is 18.2 Å². The van der Waals surface area contributed by atoms with Crippen molar-refractivity contribution in [1.82, 2.24) is 10.2 Å². The van der Waals surface area contributed by atoms with Gasteiger partial charge in [-0.05, 0) is 37.6 Å². The largest absolute Gasteiger partial charge is 0.316 e. The highest BCUT2D eigenvalue weighted by molar-refractivity contribution is 5.23. The summed E-state index contributed by atoms with van der Waals surface area (Å²) in [6.07, 6.45) is 1.19. The molecule has 1 saturated heterocycles. The van der Waals surface area contributed by atoms with E-state index in [1.54, 1.807) is 13.0 Å². The van der Waals surface area contributed by atoms with E-state index < -0.39 is 0 Å². The third kappa shape index (κ3) is 2.60. The van der Waals surface area contributed by atoms with E-state index in [4.69, 9.17) is 0 Å². The molecule has 1 aliphatic rings. The van der Waals surface area contributed by atoms with Gasteiger partial charge in [0.1, 0.15) is 5.82 Å². The first kappa shape index (κ1) is 11.6. The molecule has 1 unspecified atom stereocenters. The Morgan fingerprint density at radius 3 is 2.94 bits per heavy atom. The predicted octanol–water partition coefficient (Wildman–Crippen LogP) is 1.93. The molecular weight excluding hydrogens is 203 g/mol. The summed E-state index contributed by atoms with van der Waals surface area (Å²) in [6.45, 7) is 4.81. The first-order valence-corrected chi connectivity index (χ1v) is 5.83. The van der Waals surface area contributed by atoms with Crippen LogP contribution in [0.1, 0.15) is 17.5 Å². The molecule has 1 aliphatic heterocycles. The molecule has 1 aromatic carbocycles. The topological polar surface area (TPSA) is 15.3 Å². The van der Waals surface area contributed by atoms with Crippen LogP contribution in [0.3, 0.4) is 0 Å². The van der Waals surface area contributed by atoms with Gasteiger partial charge >= 0.3 is 0 Å². The standard InChI is InChI=1S/C13H19FN2/c1-10-3-4-11(7-13(10)14)8-16-6-5-12(9-16)15-2/h3-4,7,12,15H,5-6,8-9H2,1-2H3. The fraction of sp³-hybridized carbons (Fsp3) is 0.538. The summed E-state index contributed by atoms with van der Waals surface area (Å²) in [5.41, 5.74) is 1.79. The number of benzene rings is 1. The van der Waals surface area contributed by atoms with Gasteiger partial charge in [-0.3, -0.25) is 4.90 Å². The SMILES string of the molecule is CNC1CCN(Cc2ccc(C)c(F)c2)C1. The molecule has 1 N–H and O–H groups in total. The van der Waals surface area contributed by atoms with Gasteiger partial charge in [-0.2, -0.15) is 0 Å². The summed E-state index contributed by atoms with van der Waals surface area (Å²) in [6, 6.07) is 6.12. The number of halogens is 1. The Bertz CT molecular complexity index is 365. The fourth-order valence-electron chi connectivity index (χ4n) is 2.20. The van der Waals surface area contributed by atoms with Gasteiger partial charge in [0.05, 0.1) is 0 Å². The fourth-order valence-corrected chi connectivity index (χ4v) is 2.20. The van der Waals surface area contributed by atoms with Crippen molar-refractivity contribution in [2.45, 2.75) is 25.9 Å². The van der Waals surface area contributed by atoms with E-state index in [2.05, 4.69) is 10.2 Å². The van der Waals surface area contributed by atoms with Crippen LogP contribution in [0.2, 0.25) is 0 Å². The highest BCUT2D eigenvalue weighted by Crippen LogP contribution is 2.15. The molecule has 0 radical (unpaired) electrons. The van der Waals surface area contributed by atoms with Crippen molar-refractivity contribution in [3.05, 3.63) is 35.1 Å². The van der Waals surface area contributed by atoms with E-state index >= 15 is 0 Å². The number of rotatable bonds is 3. The molecule has 2 nitrogen and oxygen atoms in total. The molecule has 2 rings (SSSR count). The summed E-state index contributed by atoms with van der Waals surface area (Å²) in [5.74, 6) is -0.0955. The van der Waals surface area contributed by atoms with Gasteiger partial charge in [0.2, 0.25) is 0 Å². The zero-order chi connectivity index (χ0) is 11.5. The van der Waals surface area contributed by atoms with Crippen molar-refractivity contribution in [1.29, 1.82) is 0 Å². The van der Waals surface area contributed by atoms with Crippen LogP contribution in [-0.4, -0.2) is 31.1 Å². The number of hydrogen-bond acceptors (Lipinski definition) is 2. The average Bonchev–Trinajstić information content (AvgIpc) is 2.71. The highest BCUT2D eigenvalue weighted by atomic mass is 19.1. The molecule has 0 bridgehead atoms. The van der Waals surface area contributed by atoms with Crippen molar-refractivity contribution >= 4 is 0 Å². The summed E-state index contributed by atoms with van der Waals surface area (Å²) in [5, 5.41) is 3.28. The van der Waals surface area contributed by atoms with Crippen molar-refractivity contribution in [2.75, 3.05) is 20.1 Å². The van der Waals surface area contributed by atoms with E-state index in [9.17, 15) is 4.39 Å². The van der Waals surface area contributed by atoms with E-state index in [0.29, 0.717) is 6.04 Å². The second-order valence-electron chi connectivity index (χ2n) is 4.59. The maximum atomic E-state index is 13.4. The molecule has 3 heteroatoms.